The van der Waals surface area contributed by atoms with Gasteiger partial charge in [-0.3, -0.25) is 9.36 Å². The highest BCUT2D eigenvalue weighted by molar-refractivity contribution is 5.94. The summed E-state index contributed by atoms with van der Waals surface area (Å²) in [6.07, 6.45) is 5.03. The van der Waals surface area contributed by atoms with E-state index >= 15 is 0 Å². The van der Waals surface area contributed by atoms with Crippen molar-refractivity contribution in [3.05, 3.63) is 42.0 Å². The number of likely N-dealkylation sites (tertiary alicyclic amines) is 1. The van der Waals surface area contributed by atoms with Gasteiger partial charge in [0.25, 0.3) is 0 Å². The summed E-state index contributed by atoms with van der Waals surface area (Å²) < 4.78 is 2.20. The summed E-state index contributed by atoms with van der Waals surface area (Å²) in [5, 5.41) is 3.45. The quantitative estimate of drug-likeness (QED) is 0.492. The number of Topliss-reactive ketones (excluding diaryl/α,β-unsaturated/α-hetero) is 1. The Hall–Kier alpha value is -2.93. The number of carbonyl (C=O) groups is 1. The summed E-state index contributed by atoms with van der Waals surface area (Å²) in [4.78, 5) is 26.1. The molecule has 32 heavy (non-hydrogen) atoms. The molecule has 1 aliphatic heterocycles. The first-order chi connectivity index (χ1) is 15.5. The molecule has 4 rings (SSSR count). The molecule has 0 atom stereocenters. The van der Waals surface area contributed by atoms with Crippen LogP contribution >= 0.6 is 0 Å². The van der Waals surface area contributed by atoms with Gasteiger partial charge in [0.15, 0.2) is 11.4 Å². The number of ketones is 1. The van der Waals surface area contributed by atoms with Crippen LogP contribution in [-0.2, 0) is 6.54 Å². The fourth-order valence-electron chi connectivity index (χ4n) is 4.23. The fourth-order valence-corrected chi connectivity index (χ4v) is 4.23. The molecule has 1 aromatic carbocycles. The normalized spacial score (nSPS) is 14.6. The van der Waals surface area contributed by atoms with E-state index in [1.165, 1.54) is 32.4 Å². The third kappa shape index (κ3) is 5.10. The van der Waals surface area contributed by atoms with Crippen molar-refractivity contribution in [3.8, 4) is 0 Å². The molecule has 0 saturated carbocycles. The van der Waals surface area contributed by atoms with Gasteiger partial charge < -0.3 is 15.1 Å². The van der Waals surface area contributed by atoms with E-state index in [1.807, 2.05) is 30.3 Å². The van der Waals surface area contributed by atoms with Crippen LogP contribution in [0.1, 0.15) is 49.9 Å². The minimum Gasteiger partial charge on any atom is -0.360 e. The largest absolute Gasteiger partial charge is 0.360 e. The number of benzene rings is 1. The molecule has 0 aliphatic carbocycles. The Morgan fingerprint density at radius 3 is 2.47 bits per heavy atom. The number of nitrogens with one attached hydrogen (secondary N) is 1. The number of imidazole rings is 1. The third-order valence-electron chi connectivity index (χ3n) is 6.30. The number of nitrogens with zero attached hydrogens (tertiary/aromatic N) is 5. The smallest absolute Gasteiger partial charge is 0.209 e. The SMILES string of the molecule is CCN(C)c1ccc2nc(Nc3ccc(C(C)=O)cc3)n(CCCN3CCCCC3)c2n1. The van der Waals surface area contributed by atoms with E-state index in [0.29, 0.717) is 5.56 Å². The van der Waals surface area contributed by atoms with Crippen LogP contribution in [0.4, 0.5) is 17.5 Å². The number of fused-ring (bicyclic) bond motifs is 1. The molecule has 7 heteroatoms. The highest BCUT2D eigenvalue weighted by atomic mass is 16.1. The molecule has 0 radical (unpaired) electrons. The van der Waals surface area contributed by atoms with Gasteiger partial charge in [0.1, 0.15) is 11.3 Å². The van der Waals surface area contributed by atoms with Gasteiger partial charge in [0, 0.05) is 31.4 Å². The minimum absolute atomic E-state index is 0.0678. The molecule has 1 N–H and O–H groups in total. The number of hydrogen-bond donors (Lipinski definition) is 1. The molecule has 0 spiro atoms. The Balaban J connectivity index is 1.60. The van der Waals surface area contributed by atoms with E-state index in [-0.39, 0.29) is 5.78 Å². The van der Waals surface area contributed by atoms with Crippen LogP contribution in [0.25, 0.3) is 11.2 Å². The second kappa shape index (κ2) is 10.1. The standard InChI is InChI=1S/C25H34N6O/c1-4-29(3)23-14-13-22-24(28-23)31(18-8-17-30-15-6-5-7-16-30)25(27-22)26-21-11-9-20(10-12-21)19(2)32/h9-14H,4-8,15-18H2,1-3H3,(H,26,27). The Bertz CT molecular complexity index is 1050. The summed E-state index contributed by atoms with van der Waals surface area (Å²) in [6.45, 7) is 8.98. The number of rotatable bonds is 9. The Kier molecular flexibility index (Phi) is 7.05. The zero-order valence-corrected chi connectivity index (χ0v) is 19.5. The first-order valence-electron chi connectivity index (χ1n) is 11.7. The van der Waals surface area contributed by atoms with Crippen LogP contribution in [0.2, 0.25) is 0 Å². The van der Waals surface area contributed by atoms with Crippen LogP contribution in [-0.4, -0.2) is 58.4 Å². The van der Waals surface area contributed by atoms with Crippen LogP contribution in [0.15, 0.2) is 36.4 Å². The van der Waals surface area contributed by atoms with Crippen molar-refractivity contribution in [1.82, 2.24) is 19.4 Å². The number of carbonyl (C=O) groups excluding carboxylic acids is 1. The maximum absolute atomic E-state index is 11.6. The number of hydrogen-bond acceptors (Lipinski definition) is 6. The molecule has 170 valence electrons. The number of pyridine rings is 1. The van der Waals surface area contributed by atoms with Gasteiger partial charge in [-0.2, -0.15) is 0 Å². The van der Waals surface area contributed by atoms with Crippen molar-refractivity contribution >= 4 is 34.4 Å². The topological polar surface area (TPSA) is 66.3 Å². The van der Waals surface area contributed by atoms with E-state index in [4.69, 9.17) is 9.97 Å². The molecule has 1 saturated heterocycles. The Morgan fingerprint density at radius 2 is 1.78 bits per heavy atom. The molecule has 0 unspecified atom stereocenters. The molecular weight excluding hydrogens is 400 g/mol. The highest BCUT2D eigenvalue weighted by Gasteiger charge is 2.16. The van der Waals surface area contributed by atoms with Gasteiger partial charge in [0.2, 0.25) is 5.95 Å². The molecule has 7 nitrogen and oxygen atoms in total. The third-order valence-corrected chi connectivity index (χ3v) is 6.30. The number of aryl methyl sites for hydroxylation is 1. The summed E-state index contributed by atoms with van der Waals surface area (Å²) in [5.41, 5.74) is 3.41. The van der Waals surface area contributed by atoms with Crippen molar-refractivity contribution < 1.29 is 4.79 Å². The molecule has 3 heterocycles. The molecule has 1 fully saturated rings. The predicted octanol–water partition coefficient (Wildman–Crippen LogP) is 4.71. The lowest BCUT2D eigenvalue weighted by atomic mass is 10.1. The molecule has 1 aliphatic rings. The zero-order chi connectivity index (χ0) is 22.5. The van der Waals surface area contributed by atoms with E-state index in [2.05, 4.69) is 39.7 Å². The predicted molar refractivity (Wildman–Crippen MR) is 131 cm³/mol. The highest BCUT2D eigenvalue weighted by Crippen LogP contribution is 2.25. The van der Waals surface area contributed by atoms with Crippen LogP contribution in [0.3, 0.4) is 0 Å². The van der Waals surface area contributed by atoms with Crippen molar-refractivity contribution in [2.45, 2.75) is 46.1 Å². The monoisotopic (exact) mass is 434 g/mol. The van der Waals surface area contributed by atoms with Gasteiger partial charge in [-0.1, -0.05) is 6.42 Å². The molecule has 0 bridgehead atoms. The van der Waals surface area contributed by atoms with Crippen molar-refractivity contribution in [3.63, 3.8) is 0 Å². The fraction of sp³-hybridized carbons (Fsp3) is 0.480. The number of piperidine rings is 1. The van der Waals surface area contributed by atoms with Crippen molar-refractivity contribution in [2.75, 3.05) is 43.4 Å². The first kappa shape index (κ1) is 22.3. The van der Waals surface area contributed by atoms with E-state index in [1.54, 1.807) is 6.92 Å². The Labute approximate surface area is 190 Å². The molecular formula is C25H34N6O. The van der Waals surface area contributed by atoms with Gasteiger partial charge >= 0.3 is 0 Å². The molecule has 3 aromatic rings. The van der Waals surface area contributed by atoms with Crippen molar-refractivity contribution in [1.29, 1.82) is 0 Å². The number of aromatic nitrogens is 3. The molecule has 2 aromatic heterocycles. The van der Waals surface area contributed by atoms with Crippen LogP contribution in [0, 0.1) is 0 Å². The van der Waals surface area contributed by atoms with E-state index in [0.717, 1.165) is 54.7 Å². The maximum atomic E-state index is 11.6. The van der Waals surface area contributed by atoms with Crippen LogP contribution in [0.5, 0.6) is 0 Å². The second-order valence-corrected chi connectivity index (χ2v) is 8.63. The second-order valence-electron chi connectivity index (χ2n) is 8.63. The van der Waals surface area contributed by atoms with E-state index in [9.17, 15) is 4.79 Å². The van der Waals surface area contributed by atoms with Gasteiger partial charge in [-0.25, -0.2) is 9.97 Å². The lowest BCUT2D eigenvalue weighted by Crippen LogP contribution is -2.31. The average Bonchev–Trinajstić information content (AvgIpc) is 3.15. The van der Waals surface area contributed by atoms with Crippen molar-refractivity contribution in [2.24, 2.45) is 0 Å². The molecule has 0 amide bonds. The summed E-state index contributed by atoms with van der Waals surface area (Å²) in [5.74, 6) is 1.81. The van der Waals surface area contributed by atoms with Gasteiger partial charge in [-0.05, 0) is 89.1 Å². The zero-order valence-electron chi connectivity index (χ0n) is 19.5. The van der Waals surface area contributed by atoms with Crippen LogP contribution < -0.4 is 10.2 Å². The maximum Gasteiger partial charge on any atom is 0.209 e. The summed E-state index contributed by atoms with van der Waals surface area (Å²) in [6, 6.07) is 11.6. The summed E-state index contributed by atoms with van der Waals surface area (Å²) >= 11 is 0. The first-order valence-corrected chi connectivity index (χ1v) is 11.7. The number of anilines is 3. The minimum atomic E-state index is 0.0678. The lowest BCUT2D eigenvalue weighted by Gasteiger charge is -2.26. The summed E-state index contributed by atoms with van der Waals surface area (Å²) in [7, 11) is 2.06. The average molecular weight is 435 g/mol. The van der Waals surface area contributed by atoms with Gasteiger partial charge in [0.05, 0.1) is 0 Å². The van der Waals surface area contributed by atoms with E-state index < -0.39 is 0 Å². The Morgan fingerprint density at radius 1 is 1.03 bits per heavy atom. The van der Waals surface area contributed by atoms with Gasteiger partial charge in [-0.15, -0.1) is 0 Å². The lowest BCUT2D eigenvalue weighted by molar-refractivity contribution is 0.101.